The van der Waals surface area contributed by atoms with E-state index in [4.69, 9.17) is 0 Å². The minimum atomic E-state index is -3.36. The van der Waals surface area contributed by atoms with Crippen molar-refractivity contribution in [3.8, 4) is 11.4 Å². The van der Waals surface area contributed by atoms with Gasteiger partial charge >= 0.3 is 0 Å². The maximum absolute atomic E-state index is 14.5. The molecule has 5 aromatic rings. The standard InChI is InChI=1S/C22H17N6OP/c29-30(20-14-8-3-9-15-20,21-16-27(25-23-21)18-10-4-1-5-11-18)22-17-28(26-24-22)19-12-6-2-7-13-19/h1-17H. The van der Waals surface area contributed by atoms with Gasteiger partial charge in [-0.05, 0) is 24.3 Å². The highest BCUT2D eigenvalue weighted by molar-refractivity contribution is 7.84. The molecule has 0 amide bonds. The second-order valence-electron chi connectivity index (χ2n) is 6.66. The van der Waals surface area contributed by atoms with Crippen LogP contribution in [0.5, 0.6) is 0 Å². The largest absolute Gasteiger partial charge is 0.305 e. The smallest absolute Gasteiger partial charge is 0.212 e. The Bertz CT molecular complexity index is 1230. The van der Waals surface area contributed by atoms with Crippen LogP contribution in [0.1, 0.15) is 0 Å². The van der Waals surface area contributed by atoms with E-state index in [1.165, 1.54) is 0 Å². The van der Waals surface area contributed by atoms with E-state index in [1.54, 1.807) is 21.8 Å². The minimum Gasteiger partial charge on any atom is -0.305 e. The number of nitrogens with zero attached hydrogens (tertiary/aromatic N) is 6. The summed E-state index contributed by atoms with van der Waals surface area (Å²) in [6.45, 7) is 0. The second kappa shape index (κ2) is 7.54. The fourth-order valence-corrected chi connectivity index (χ4v) is 5.46. The van der Waals surface area contributed by atoms with Gasteiger partial charge in [-0.1, -0.05) is 77.2 Å². The van der Waals surface area contributed by atoms with Crippen LogP contribution in [0.25, 0.3) is 11.4 Å². The number of hydrogen-bond donors (Lipinski definition) is 0. The number of para-hydroxylation sites is 2. The third-order valence-corrected chi connectivity index (χ3v) is 7.49. The maximum atomic E-state index is 14.5. The number of hydrogen-bond acceptors (Lipinski definition) is 5. The summed E-state index contributed by atoms with van der Waals surface area (Å²) >= 11 is 0. The first kappa shape index (κ1) is 18.2. The Morgan fingerprint density at radius 2 is 0.967 bits per heavy atom. The van der Waals surface area contributed by atoms with Crippen LogP contribution in [0.2, 0.25) is 0 Å². The van der Waals surface area contributed by atoms with Crippen molar-refractivity contribution in [2.75, 3.05) is 0 Å². The fourth-order valence-electron chi connectivity index (χ4n) is 3.23. The molecule has 0 saturated carbocycles. The summed E-state index contributed by atoms with van der Waals surface area (Å²) in [5.41, 5.74) is 2.39. The molecule has 146 valence electrons. The maximum Gasteiger partial charge on any atom is 0.212 e. The van der Waals surface area contributed by atoms with Gasteiger partial charge in [0.2, 0.25) is 7.14 Å². The number of rotatable bonds is 5. The van der Waals surface area contributed by atoms with Crippen LogP contribution < -0.4 is 16.2 Å². The van der Waals surface area contributed by atoms with Gasteiger partial charge in [-0.15, -0.1) is 10.2 Å². The molecule has 0 radical (unpaired) electrons. The Hall–Kier alpha value is -3.83. The van der Waals surface area contributed by atoms with Gasteiger partial charge in [-0.3, -0.25) is 0 Å². The molecule has 0 atom stereocenters. The lowest BCUT2D eigenvalue weighted by atomic mass is 10.3. The molecule has 0 N–H and O–H groups in total. The van der Waals surface area contributed by atoms with Crippen LogP contribution in [0.15, 0.2) is 103 Å². The van der Waals surface area contributed by atoms with Crippen molar-refractivity contribution in [3.63, 3.8) is 0 Å². The predicted octanol–water partition coefficient (Wildman–Crippen LogP) is 2.49. The molecule has 0 aliphatic heterocycles. The summed E-state index contributed by atoms with van der Waals surface area (Å²) in [5, 5.41) is 17.6. The molecule has 3 aromatic carbocycles. The number of benzene rings is 3. The molecule has 0 saturated heterocycles. The monoisotopic (exact) mass is 412 g/mol. The first-order chi connectivity index (χ1) is 14.7. The van der Waals surface area contributed by atoms with Gasteiger partial charge in [0, 0.05) is 5.30 Å². The van der Waals surface area contributed by atoms with Gasteiger partial charge in [0.15, 0.2) is 10.9 Å². The Labute approximate surface area is 173 Å². The molecule has 0 spiro atoms. The van der Waals surface area contributed by atoms with Crippen molar-refractivity contribution in [3.05, 3.63) is 103 Å². The normalized spacial score (nSPS) is 11.5. The molecule has 2 aromatic heterocycles. The highest BCUT2D eigenvalue weighted by Gasteiger charge is 2.36. The van der Waals surface area contributed by atoms with Gasteiger partial charge in [0.25, 0.3) is 0 Å². The quantitative estimate of drug-likeness (QED) is 0.415. The molecule has 30 heavy (non-hydrogen) atoms. The molecule has 7 nitrogen and oxygen atoms in total. The summed E-state index contributed by atoms with van der Waals surface area (Å²) in [6, 6.07) is 28.4. The van der Waals surface area contributed by atoms with Gasteiger partial charge in [0.05, 0.1) is 23.8 Å². The topological polar surface area (TPSA) is 78.5 Å². The van der Waals surface area contributed by atoms with Crippen LogP contribution in [0.4, 0.5) is 0 Å². The molecule has 0 unspecified atom stereocenters. The van der Waals surface area contributed by atoms with Crippen LogP contribution in [-0.2, 0) is 4.57 Å². The van der Waals surface area contributed by atoms with Crippen molar-refractivity contribution in [1.29, 1.82) is 0 Å². The molecular formula is C22H17N6OP. The summed E-state index contributed by atoms with van der Waals surface area (Å²) in [6.07, 6.45) is 3.40. The zero-order valence-electron chi connectivity index (χ0n) is 15.9. The van der Waals surface area contributed by atoms with E-state index >= 15 is 0 Å². The van der Waals surface area contributed by atoms with Gasteiger partial charge in [0.1, 0.15) is 0 Å². The van der Waals surface area contributed by atoms with Gasteiger partial charge in [-0.25, -0.2) is 9.36 Å². The van der Waals surface area contributed by atoms with Crippen LogP contribution >= 0.6 is 7.14 Å². The highest BCUT2D eigenvalue weighted by Crippen LogP contribution is 2.40. The Morgan fingerprint density at radius 1 is 0.567 bits per heavy atom. The summed E-state index contributed by atoms with van der Waals surface area (Å²) < 4.78 is 17.7. The predicted molar refractivity (Wildman–Crippen MR) is 116 cm³/mol. The van der Waals surface area contributed by atoms with Crippen molar-refractivity contribution in [1.82, 2.24) is 30.0 Å². The minimum absolute atomic E-state index is 0.359. The van der Waals surface area contributed by atoms with E-state index < -0.39 is 7.14 Å². The van der Waals surface area contributed by atoms with E-state index in [0.717, 1.165) is 11.4 Å². The Balaban J connectivity index is 1.64. The van der Waals surface area contributed by atoms with Crippen molar-refractivity contribution in [2.24, 2.45) is 0 Å². The molecule has 0 aliphatic carbocycles. The Kier molecular flexibility index (Phi) is 4.58. The van der Waals surface area contributed by atoms with E-state index in [0.29, 0.717) is 16.2 Å². The van der Waals surface area contributed by atoms with Gasteiger partial charge in [-0.2, -0.15) is 0 Å². The molecule has 0 aliphatic rings. The number of aromatic nitrogens is 6. The van der Waals surface area contributed by atoms with Crippen LogP contribution in [0.3, 0.4) is 0 Å². The zero-order valence-corrected chi connectivity index (χ0v) is 16.7. The lowest BCUT2D eigenvalue weighted by Gasteiger charge is -2.12. The fraction of sp³-hybridized carbons (Fsp3) is 0. The van der Waals surface area contributed by atoms with Crippen LogP contribution in [-0.4, -0.2) is 30.0 Å². The SMILES string of the molecule is O=P(c1ccccc1)(c1cn(-c2ccccc2)nn1)c1cn(-c2ccccc2)nn1. The molecule has 0 fully saturated rings. The lowest BCUT2D eigenvalue weighted by molar-refractivity contribution is 0.591. The lowest BCUT2D eigenvalue weighted by Crippen LogP contribution is -2.27. The van der Waals surface area contributed by atoms with E-state index in [-0.39, 0.29) is 0 Å². The average Bonchev–Trinajstić information content (AvgIpc) is 3.51. The van der Waals surface area contributed by atoms with Crippen LogP contribution in [0, 0.1) is 0 Å². The highest BCUT2D eigenvalue weighted by atomic mass is 31.2. The summed E-state index contributed by atoms with van der Waals surface area (Å²) in [4.78, 5) is 0. The summed E-state index contributed by atoms with van der Waals surface area (Å²) in [5.74, 6) is 0. The van der Waals surface area contributed by atoms with Crippen molar-refractivity contribution in [2.45, 2.75) is 0 Å². The van der Waals surface area contributed by atoms with Crippen molar-refractivity contribution < 1.29 is 4.57 Å². The molecule has 2 heterocycles. The molecule has 8 heteroatoms. The molecule has 0 bridgehead atoms. The zero-order chi connectivity index (χ0) is 20.4. The Morgan fingerprint density at radius 3 is 1.40 bits per heavy atom. The third kappa shape index (κ3) is 3.15. The molecular weight excluding hydrogens is 395 g/mol. The third-order valence-electron chi connectivity index (χ3n) is 4.77. The van der Waals surface area contributed by atoms with E-state index in [2.05, 4.69) is 20.6 Å². The van der Waals surface area contributed by atoms with Gasteiger partial charge < -0.3 is 4.57 Å². The first-order valence-electron chi connectivity index (χ1n) is 9.37. The first-order valence-corrected chi connectivity index (χ1v) is 11.1. The molecule has 5 rings (SSSR count). The van der Waals surface area contributed by atoms with Crippen molar-refractivity contribution >= 4 is 23.3 Å². The van der Waals surface area contributed by atoms with E-state index in [1.807, 2.05) is 91.0 Å². The average molecular weight is 412 g/mol. The summed E-state index contributed by atoms with van der Waals surface area (Å²) in [7, 11) is -3.36. The van der Waals surface area contributed by atoms with E-state index in [9.17, 15) is 4.57 Å². The second-order valence-corrected chi connectivity index (χ2v) is 9.31.